The first-order valence-electron chi connectivity index (χ1n) is 11.5. The summed E-state index contributed by atoms with van der Waals surface area (Å²) >= 11 is 0. The van der Waals surface area contributed by atoms with Crippen LogP contribution in [0.1, 0.15) is 66.8 Å². The van der Waals surface area contributed by atoms with Crippen molar-refractivity contribution in [3.8, 4) is 11.5 Å². The molecule has 0 spiro atoms. The van der Waals surface area contributed by atoms with Crippen molar-refractivity contribution in [3.05, 3.63) is 58.1 Å². The maximum atomic E-state index is 12.1. The zero-order valence-electron chi connectivity index (χ0n) is 19.4. The Morgan fingerprint density at radius 1 is 1.16 bits per heavy atom. The first-order chi connectivity index (χ1) is 14.8. The van der Waals surface area contributed by atoms with Gasteiger partial charge >= 0.3 is 5.97 Å². The van der Waals surface area contributed by atoms with Crippen LogP contribution in [-0.4, -0.2) is 31.6 Å². The third-order valence-electron chi connectivity index (χ3n) is 6.33. The Balaban J connectivity index is 1.58. The van der Waals surface area contributed by atoms with Gasteiger partial charge in [0.2, 0.25) is 0 Å². The SMILES string of the molecule is Cc1cc(OCC(=O)OCC2BCCCC2)cc(C)c1Cc1ccc(O)c(C(C)C)c1. The predicted molar refractivity (Wildman–Crippen MR) is 127 cm³/mol. The Kier molecular flexibility index (Phi) is 8.06. The fourth-order valence-corrected chi connectivity index (χ4v) is 4.44. The fourth-order valence-electron chi connectivity index (χ4n) is 4.44. The molecule has 0 radical (unpaired) electrons. The number of benzene rings is 2. The number of esters is 1. The quantitative estimate of drug-likeness (QED) is 0.453. The van der Waals surface area contributed by atoms with Gasteiger partial charge in [0.1, 0.15) is 18.8 Å². The molecule has 0 bridgehead atoms. The van der Waals surface area contributed by atoms with Crippen LogP contribution in [-0.2, 0) is 16.0 Å². The van der Waals surface area contributed by atoms with E-state index in [1.165, 1.54) is 30.3 Å². The number of phenolic OH excluding ortho intramolecular Hbond substituents is 1. The average Bonchev–Trinajstić information content (AvgIpc) is 2.75. The van der Waals surface area contributed by atoms with E-state index in [-0.39, 0.29) is 18.5 Å². The van der Waals surface area contributed by atoms with Gasteiger partial charge in [-0.25, -0.2) is 4.79 Å². The van der Waals surface area contributed by atoms with Gasteiger partial charge in [0.25, 0.3) is 0 Å². The van der Waals surface area contributed by atoms with E-state index >= 15 is 0 Å². The van der Waals surface area contributed by atoms with E-state index in [9.17, 15) is 9.90 Å². The Bertz CT molecular complexity index is 877. The molecule has 166 valence electrons. The van der Waals surface area contributed by atoms with Gasteiger partial charge in [-0.1, -0.05) is 51.6 Å². The molecule has 4 nitrogen and oxygen atoms in total. The van der Waals surface area contributed by atoms with E-state index in [4.69, 9.17) is 9.47 Å². The minimum absolute atomic E-state index is 0.0549. The lowest BCUT2D eigenvalue weighted by atomic mass is 9.56. The monoisotopic (exact) mass is 422 g/mol. The van der Waals surface area contributed by atoms with E-state index < -0.39 is 0 Å². The van der Waals surface area contributed by atoms with Crippen molar-refractivity contribution in [2.75, 3.05) is 13.2 Å². The lowest BCUT2D eigenvalue weighted by Gasteiger charge is -2.20. The van der Waals surface area contributed by atoms with Crippen LogP contribution in [0.5, 0.6) is 11.5 Å². The molecular formula is C26H35BO4. The number of carbonyl (C=O) groups excluding carboxylic acids is 1. The molecule has 1 atom stereocenters. The highest BCUT2D eigenvalue weighted by atomic mass is 16.6. The first-order valence-corrected chi connectivity index (χ1v) is 11.5. The highest BCUT2D eigenvalue weighted by Gasteiger charge is 2.17. The van der Waals surface area contributed by atoms with Crippen LogP contribution in [0.25, 0.3) is 0 Å². The number of ether oxygens (including phenoxy) is 2. The Hall–Kier alpha value is -2.43. The predicted octanol–water partition coefficient (Wildman–Crippen LogP) is 5.47. The molecule has 1 aliphatic heterocycles. The second-order valence-corrected chi connectivity index (χ2v) is 9.24. The molecule has 2 aromatic rings. The highest BCUT2D eigenvalue weighted by Crippen LogP contribution is 2.29. The maximum absolute atomic E-state index is 12.1. The van der Waals surface area contributed by atoms with Crippen LogP contribution in [0, 0.1) is 13.8 Å². The lowest BCUT2D eigenvalue weighted by molar-refractivity contribution is -0.146. The molecule has 0 aliphatic carbocycles. The summed E-state index contributed by atoms with van der Waals surface area (Å²) < 4.78 is 11.2. The van der Waals surface area contributed by atoms with E-state index in [2.05, 4.69) is 33.8 Å². The molecule has 1 unspecified atom stereocenters. The molecule has 1 aliphatic rings. The van der Waals surface area contributed by atoms with Gasteiger partial charge in [-0.15, -0.1) is 0 Å². The Labute approximate surface area is 187 Å². The van der Waals surface area contributed by atoms with Crippen LogP contribution in [0.4, 0.5) is 0 Å². The van der Waals surface area contributed by atoms with Crippen molar-refractivity contribution >= 4 is 13.2 Å². The Morgan fingerprint density at radius 2 is 1.90 bits per heavy atom. The minimum atomic E-state index is -0.296. The van der Waals surface area contributed by atoms with Crippen LogP contribution in [0.3, 0.4) is 0 Å². The highest BCUT2D eigenvalue weighted by molar-refractivity contribution is 6.37. The summed E-state index contributed by atoms with van der Waals surface area (Å²) in [7, 11) is 1.16. The smallest absolute Gasteiger partial charge is 0.344 e. The standard InChI is InChI=1S/C26H35BO4/c1-17(2)23-13-20(8-9-25(23)28)14-24-18(3)11-22(12-19(24)4)30-16-26(29)31-15-21-7-5-6-10-27-21/h8-9,11-13,17,21,27-28H,5-7,10,14-16H2,1-4H3. The van der Waals surface area contributed by atoms with Crippen LogP contribution < -0.4 is 4.74 Å². The lowest BCUT2D eigenvalue weighted by Crippen LogP contribution is -2.21. The van der Waals surface area contributed by atoms with Gasteiger partial charge in [-0.3, -0.25) is 0 Å². The summed E-state index contributed by atoms with van der Waals surface area (Å²) in [5, 5.41) is 10.1. The van der Waals surface area contributed by atoms with Crippen LogP contribution in [0.2, 0.25) is 12.1 Å². The van der Waals surface area contributed by atoms with Crippen molar-refractivity contribution in [1.29, 1.82) is 0 Å². The van der Waals surface area contributed by atoms with Crippen LogP contribution in [0.15, 0.2) is 30.3 Å². The van der Waals surface area contributed by atoms with Crippen molar-refractivity contribution in [2.45, 2.75) is 71.4 Å². The molecular weight excluding hydrogens is 387 g/mol. The molecule has 5 heteroatoms. The van der Waals surface area contributed by atoms with Crippen molar-refractivity contribution in [2.24, 2.45) is 0 Å². The fraction of sp³-hybridized carbons (Fsp3) is 0.500. The molecule has 3 rings (SSSR count). The van der Waals surface area contributed by atoms with Gasteiger partial charge in [0, 0.05) is 0 Å². The van der Waals surface area contributed by atoms with E-state index in [1.807, 2.05) is 18.2 Å². The molecule has 0 aromatic heterocycles. The van der Waals surface area contributed by atoms with Gasteiger partial charge in [0.05, 0.1) is 6.61 Å². The number of aromatic hydroxyl groups is 1. The largest absolute Gasteiger partial charge is 0.508 e. The molecule has 0 amide bonds. The van der Waals surface area contributed by atoms with Crippen molar-refractivity contribution in [1.82, 2.24) is 0 Å². The molecule has 31 heavy (non-hydrogen) atoms. The van der Waals surface area contributed by atoms with E-state index in [0.29, 0.717) is 23.9 Å². The molecule has 0 saturated carbocycles. The van der Waals surface area contributed by atoms with E-state index in [1.54, 1.807) is 6.07 Å². The summed E-state index contributed by atoms with van der Waals surface area (Å²) in [6.45, 7) is 8.77. The number of hydrogen-bond donors (Lipinski definition) is 1. The summed E-state index contributed by atoms with van der Waals surface area (Å²) in [6, 6.07) is 9.82. The number of aryl methyl sites for hydroxylation is 2. The normalized spacial score (nSPS) is 16.1. The zero-order valence-corrected chi connectivity index (χ0v) is 19.4. The maximum Gasteiger partial charge on any atom is 0.344 e. The summed E-state index contributed by atoms with van der Waals surface area (Å²) in [6.07, 6.45) is 5.74. The molecule has 2 aromatic carbocycles. The molecule has 1 fully saturated rings. The Morgan fingerprint density at radius 3 is 2.55 bits per heavy atom. The van der Waals surface area contributed by atoms with Gasteiger partial charge in [-0.05, 0) is 78.0 Å². The summed E-state index contributed by atoms with van der Waals surface area (Å²) in [4.78, 5) is 12.1. The van der Waals surface area contributed by atoms with Crippen molar-refractivity contribution < 1.29 is 19.4 Å². The van der Waals surface area contributed by atoms with E-state index in [0.717, 1.165) is 36.8 Å². The number of carbonyl (C=O) groups is 1. The number of hydrogen-bond acceptors (Lipinski definition) is 4. The summed E-state index contributed by atoms with van der Waals surface area (Å²) in [5.74, 6) is 1.54. The minimum Gasteiger partial charge on any atom is -0.508 e. The average molecular weight is 422 g/mol. The van der Waals surface area contributed by atoms with Gasteiger partial charge < -0.3 is 14.6 Å². The number of phenols is 1. The second-order valence-electron chi connectivity index (χ2n) is 9.24. The summed E-state index contributed by atoms with van der Waals surface area (Å²) in [5.41, 5.74) is 5.65. The third-order valence-corrected chi connectivity index (χ3v) is 6.33. The topological polar surface area (TPSA) is 55.8 Å². The second kappa shape index (κ2) is 10.7. The first kappa shape index (κ1) is 23.2. The molecule has 1 saturated heterocycles. The van der Waals surface area contributed by atoms with Gasteiger partial charge in [0.15, 0.2) is 6.61 Å². The van der Waals surface area contributed by atoms with Crippen molar-refractivity contribution in [3.63, 3.8) is 0 Å². The zero-order chi connectivity index (χ0) is 22.4. The molecule has 1 N–H and O–H groups in total. The molecule has 1 heterocycles. The van der Waals surface area contributed by atoms with Gasteiger partial charge in [-0.2, -0.15) is 0 Å². The number of rotatable bonds is 8. The van der Waals surface area contributed by atoms with Crippen LogP contribution >= 0.6 is 0 Å². The third kappa shape index (κ3) is 6.53.